The summed E-state index contributed by atoms with van der Waals surface area (Å²) in [7, 11) is -5.08. The number of rotatable bonds is 39. The summed E-state index contributed by atoms with van der Waals surface area (Å²) in [6.07, 6.45) is 29.6. The predicted octanol–water partition coefficient (Wildman–Crippen LogP) is 8.77. The van der Waals surface area contributed by atoms with Gasteiger partial charge in [0.25, 0.3) is 0 Å². The molecule has 6 N–H and O–H groups in total. The van der Waals surface area contributed by atoms with Gasteiger partial charge in [-0.3, -0.25) is 9.35 Å². The molecule has 0 aromatic carbocycles. The van der Waals surface area contributed by atoms with Gasteiger partial charge >= 0.3 is 10.4 Å². The number of aliphatic hydroxyl groups is 4. The van der Waals surface area contributed by atoms with Gasteiger partial charge in [0, 0.05) is 6.42 Å². The number of carbonyl (C=O) groups is 1. The Morgan fingerprint density at radius 1 is 0.684 bits per heavy atom. The molecule has 0 saturated carbocycles. The second-order valence-electron chi connectivity index (χ2n) is 16.4. The Hall–Kier alpha value is -1.16. The summed E-state index contributed by atoms with van der Waals surface area (Å²) >= 11 is 0. The number of carbonyl (C=O) groups excluding carboxylic acids is 1. The lowest BCUT2D eigenvalue weighted by molar-refractivity contribution is -0.298. The van der Waals surface area contributed by atoms with Crippen molar-refractivity contribution in [2.45, 2.75) is 249 Å². The molecular weight excluding hydrogens is 751 g/mol. The van der Waals surface area contributed by atoms with E-state index in [0.29, 0.717) is 6.42 Å². The van der Waals surface area contributed by atoms with Crippen molar-refractivity contribution in [2.24, 2.45) is 0 Å². The van der Waals surface area contributed by atoms with Gasteiger partial charge in [-0.2, -0.15) is 8.42 Å². The smallest absolute Gasteiger partial charge is 0.394 e. The van der Waals surface area contributed by atoms with Gasteiger partial charge in [-0.1, -0.05) is 193 Å². The highest BCUT2D eigenvalue weighted by atomic mass is 32.3. The molecule has 338 valence electrons. The SMILES string of the molecule is CCCCCCCCCCCCCC/C=C/C(O)C(COC1OC(CO)C(O)C(OS(=O)(=O)O)C1O)NC(=O)CCCCCCCCCCCCCCCCCC. The molecule has 1 aliphatic rings. The van der Waals surface area contributed by atoms with Crippen molar-refractivity contribution in [1.82, 2.24) is 5.32 Å². The summed E-state index contributed by atoms with van der Waals surface area (Å²) in [6.45, 7) is 3.39. The zero-order chi connectivity index (χ0) is 42.0. The van der Waals surface area contributed by atoms with Crippen molar-refractivity contribution in [1.29, 1.82) is 0 Å². The van der Waals surface area contributed by atoms with Crippen molar-refractivity contribution in [3.05, 3.63) is 12.2 Å². The van der Waals surface area contributed by atoms with Crippen molar-refractivity contribution >= 4 is 16.3 Å². The topological polar surface area (TPSA) is 192 Å². The van der Waals surface area contributed by atoms with Gasteiger partial charge in [0.1, 0.15) is 24.4 Å². The maximum atomic E-state index is 13.0. The van der Waals surface area contributed by atoms with Crippen LogP contribution in [0.4, 0.5) is 0 Å². The third-order valence-electron chi connectivity index (χ3n) is 11.1. The van der Waals surface area contributed by atoms with Gasteiger partial charge in [0.15, 0.2) is 6.29 Å². The molecule has 0 bridgehead atoms. The van der Waals surface area contributed by atoms with E-state index in [2.05, 4.69) is 23.3 Å². The highest BCUT2D eigenvalue weighted by Gasteiger charge is 2.48. The molecule has 1 fully saturated rings. The first-order valence-corrected chi connectivity index (χ1v) is 24.4. The van der Waals surface area contributed by atoms with Gasteiger partial charge in [0.05, 0.1) is 25.4 Å². The zero-order valence-corrected chi connectivity index (χ0v) is 36.7. The maximum absolute atomic E-state index is 13.0. The molecule has 0 aromatic heterocycles. The van der Waals surface area contributed by atoms with E-state index >= 15 is 0 Å². The lowest BCUT2D eigenvalue weighted by atomic mass is 9.99. The summed E-state index contributed by atoms with van der Waals surface area (Å²) in [6, 6.07) is -0.937. The number of nitrogens with one attached hydrogen (secondary N) is 1. The normalized spacial score (nSPS) is 21.3. The Balaban J connectivity index is 2.52. The fourth-order valence-corrected chi connectivity index (χ4v) is 7.96. The average molecular weight is 836 g/mol. The van der Waals surface area contributed by atoms with Crippen LogP contribution in [0, 0.1) is 0 Å². The third-order valence-corrected chi connectivity index (χ3v) is 11.5. The van der Waals surface area contributed by atoms with E-state index in [9.17, 15) is 38.2 Å². The quantitative estimate of drug-likeness (QED) is 0.0197. The minimum Gasteiger partial charge on any atom is -0.394 e. The minimum absolute atomic E-state index is 0.260. The molecule has 0 radical (unpaired) electrons. The lowest BCUT2D eigenvalue weighted by Crippen LogP contribution is -2.61. The van der Waals surface area contributed by atoms with Crippen LogP contribution < -0.4 is 5.32 Å². The molecule has 12 nitrogen and oxygen atoms in total. The Bertz CT molecular complexity index is 1080. The largest absolute Gasteiger partial charge is 0.397 e. The molecule has 1 saturated heterocycles. The molecule has 57 heavy (non-hydrogen) atoms. The van der Waals surface area contributed by atoms with Crippen LogP contribution in [0.3, 0.4) is 0 Å². The van der Waals surface area contributed by atoms with Crippen LogP contribution in [0.5, 0.6) is 0 Å². The van der Waals surface area contributed by atoms with Crippen LogP contribution in [-0.2, 0) is 28.9 Å². The summed E-state index contributed by atoms with van der Waals surface area (Å²) in [5.41, 5.74) is 0. The maximum Gasteiger partial charge on any atom is 0.397 e. The van der Waals surface area contributed by atoms with E-state index in [-0.39, 0.29) is 18.9 Å². The monoisotopic (exact) mass is 836 g/mol. The standard InChI is InChI=1S/C44H85NO11S/c1-3-5-7-9-11-13-15-17-19-20-22-24-26-28-30-32-34-40(48)45-37(36-54-44-42(50)43(56-57(51,52)53)41(49)39(35-46)55-44)38(47)33-31-29-27-25-23-21-18-16-14-12-10-8-6-4-2/h31,33,37-39,41-44,46-47,49-50H,3-30,32,34-36H2,1-2H3,(H,45,48)(H,51,52,53)/b33-31+. The second kappa shape index (κ2) is 35.6. The van der Waals surface area contributed by atoms with E-state index in [1.807, 2.05) is 6.08 Å². The van der Waals surface area contributed by atoms with Gasteiger partial charge < -0.3 is 35.2 Å². The number of amides is 1. The molecule has 0 spiro atoms. The van der Waals surface area contributed by atoms with Gasteiger partial charge in [-0.25, -0.2) is 4.18 Å². The van der Waals surface area contributed by atoms with E-state index in [0.717, 1.165) is 38.5 Å². The molecule has 1 rings (SSSR count). The van der Waals surface area contributed by atoms with E-state index in [4.69, 9.17) is 9.47 Å². The fourth-order valence-electron chi connectivity index (χ4n) is 7.45. The highest BCUT2D eigenvalue weighted by Crippen LogP contribution is 2.26. The van der Waals surface area contributed by atoms with Crippen molar-refractivity contribution < 1.29 is 51.8 Å². The Labute approximate surface area is 347 Å². The third kappa shape index (κ3) is 28.9. The number of ether oxygens (including phenoxy) is 2. The van der Waals surface area contributed by atoms with Crippen LogP contribution in [0.25, 0.3) is 0 Å². The number of hydrogen-bond acceptors (Lipinski definition) is 10. The molecule has 0 aromatic rings. The van der Waals surface area contributed by atoms with Crippen molar-refractivity contribution in [3.63, 3.8) is 0 Å². The molecule has 13 heteroatoms. The summed E-state index contributed by atoms with van der Waals surface area (Å²) in [4.78, 5) is 13.0. The Morgan fingerprint density at radius 3 is 1.53 bits per heavy atom. The molecule has 1 heterocycles. The summed E-state index contributed by atoms with van der Waals surface area (Å²) in [5.74, 6) is -0.260. The van der Waals surface area contributed by atoms with Crippen LogP contribution in [0.15, 0.2) is 12.2 Å². The number of unbranched alkanes of at least 4 members (excludes halogenated alkanes) is 27. The number of hydrogen-bond donors (Lipinski definition) is 6. The lowest BCUT2D eigenvalue weighted by Gasteiger charge is -2.41. The number of aliphatic hydroxyl groups excluding tert-OH is 4. The van der Waals surface area contributed by atoms with Gasteiger partial charge in [-0.15, -0.1) is 0 Å². The highest BCUT2D eigenvalue weighted by molar-refractivity contribution is 7.80. The molecule has 1 amide bonds. The molecule has 7 atom stereocenters. The van der Waals surface area contributed by atoms with E-state index in [1.54, 1.807) is 6.08 Å². The van der Waals surface area contributed by atoms with Gasteiger partial charge in [-0.05, 0) is 19.3 Å². The van der Waals surface area contributed by atoms with E-state index in [1.165, 1.54) is 141 Å². The Kier molecular flexibility index (Phi) is 33.6. The fraction of sp³-hybridized carbons (Fsp3) is 0.932. The molecular formula is C44H85NO11S. The zero-order valence-electron chi connectivity index (χ0n) is 35.9. The minimum atomic E-state index is -5.08. The first-order chi connectivity index (χ1) is 27.5. The summed E-state index contributed by atoms with van der Waals surface area (Å²) < 4.78 is 47.5. The van der Waals surface area contributed by atoms with Crippen LogP contribution in [0.1, 0.15) is 206 Å². The molecule has 7 unspecified atom stereocenters. The first-order valence-electron chi connectivity index (χ1n) is 23.1. The van der Waals surface area contributed by atoms with Crippen molar-refractivity contribution in [3.8, 4) is 0 Å². The van der Waals surface area contributed by atoms with Crippen LogP contribution >= 0.6 is 0 Å². The predicted molar refractivity (Wildman–Crippen MR) is 227 cm³/mol. The summed E-state index contributed by atoms with van der Waals surface area (Å²) in [5, 5.41) is 44.7. The Morgan fingerprint density at radius 2 is 1.11 bits per heavy atom. The van der Waals surface area contributed by atoms with Crippen LogP contribution in [-0.4, -0.2) is 95.4 Å². The number of allylic oxidation sites excluding steroid dienone is 1. The van der Waals surface area contributed by atoms with Gasteiger partial charge in [0.2, 0.25) is 5.91 Å². The first kappa shape index (κ1) is 53.9. The van der Waals surface area contributed by atoms with Crippen molar-refractivity contribution in [2.75, 3.05) is 13.2 Å². The van der Waals surface area contributed by atoms with E-state index < -0.39 is 59.9 Å². The average Bonchev–Trinajstić information content (AvgIpc) is 3.18. The molecule has 1 aliphatic heterocycles. The second-order valence-corrected chi connectivity index (χ2v) is 17.4. The van der Waals surface area contributed by atoms with Crippen LogP contribution in [0.2, 0.25) is 0 Å². The molecule has 0 aliphatic carbocycles.